The van der Waals surface area contributed by atoms with Gasteiger partial charge in [0, 0.05) is 11.6 Å². The largest absolute Gasteiger partial charge is 0.489 e. The van der Waals surface area contributed by atoms with Gasteiger partial charge in [0.15, 0.2) is 0 Å². The van der Waals surface area contributed by atoms with Gasteiger partial charge in [-0.05, 0) is 48.4 Å². The van der Waals surface area contributed by atoms with Crippen molar-refractivity contribution in [2.45, 2.75) is 19.4 Å². The van der Waals surface area contributed by atoms with Crippen LogP contribution in [0.4, 0.5) is 0 Å². The molecule has 0 bridgehead atoms. The third kappa shape index (κ3) is 6.72. The summed E-state index contributed by atoms with van der Waals surface area (Å²) in [6.07, 6.45) is 0.974. The molecule has 0 saturated heterocycles. The van der Waals surface area contributed by atoms with Crippen LogP contribution in [0, 0.1) is 0 Å². The maximum Gasteiger partial charge on any atom is 0.304 e. The number of carboxylic acids is 1. The standard InChI is InChI=1S/C18H20ClNO3/c19-16-6-4-15(5-7-16)13-23-17-3-1-2-14(12-17)8-10-20-11-9-18(21)22/h1-7,12,20H,8-11,13H2,(H,21,22). The highest BCUT2D eigenvalue weighted by molar-refractivity contribution is 6.30. The Balaban J connectivity index is 1.77. The molecule has 2 aromatic rings. The minimum absolute atomic E-state index is 0.143. The SMILES string of the molecule is O=C(O)CCNCCc1cccc(OCc2ccc(Cl)cc2)c1. The van der Waals surface area contributed by atoms with Gasteiger partial charge in [0.2, 0.25) is 0 Å². The molecule has 2 aromatic carbocycles. The van der Waals surface area contributed by atoms with E-state index < -0.39 is 5.97 Å². The van der Waals surface area contributed by atoms with E-state index in [4.69, 9.17) is 21.4 Å². The minimum Gasteiger partial charge on any atom is -0.489 e. The van der Waals surface area contributed by atoms with Gasteiger partial charge in [-0.1, -0.05) is 35.9 Å². The number of rotatable bonds is 9. The van der Waals surface area contributed by atoms with E-state index in [1.54, 1.807) is 0 Å². The fourth-order valence-electron chi connectivity index (χ4n) is 2.09. The fraction of sp³-hybridized carbons (Fsp3) is 0.278. The van der Waals surface area contributed by atoms with Gasteiger partial charge in [-0.3, -0.25) is 4.79 Å². The molecule has 4 nitrogen and oxygen atoms in total. The fourth-order valence-corrected chi connectivity index (χ4v) is 2.22. The number of carboxylic acid groups (broad SMARTS) is 1. The Morgan fingerprint density at radius 2 is 1.87 bits per heavy atom. The molecule has 2 N–H and O–H groups in total. The summed E-state index contributed by atoms with van der Waals surface area (Å²) in [6.45, 7) is 1.73. The second kappa shape index (κ2) is 9.18. The molecule has 0 aromatic heterocycles. The monoisotopic (exact) mass is 333 g/mol. The quantitative estimate of drug-likeness (QED) is 0.689. The maximum absolute atomic E-state index is 10.4. The molecule has 23 heavy (non-hydrogen) atoms. The Morgan fingerprint density at radius 1 is 1.09 bits per heavy atom. The molecule has 0 saturated carbocycles. The van der Waals surface area contributed by atoms with Crippen molar-refractivity contribution in [3.05, 3.63) is 64.7 Å². The predicted octanol–water partition coefficient (Wildman–Crippen LogP) is 3.53. The summed E-state index contributed by atoms with van der Waals surface area (Å²) < 4.78 is 5.79. The van der Waals surface area contributed by atoms with Crippen molar-refractivity contribution in [2.24, 2.45) is 0 Å². The average molecular weight is 334 g/mol. The number of hydrogen-bond donors (Lipinski definition) is 2. The Hall–Kier alpha value is -2.04. The molecule has 0 amide bonds. The number of benzene rings is 2. The Kier molecular flexibility index (Phi) is 6.91. The lowest BCUT2D eigenvalue weighted by atomic mass is 10.1. The molecule has 0 heterocycles. The second-order valence-electron chi connectivity index (χ2n) is 5.21. The molecule has 0 radical (unpaired) electrons. The number of carbonyl (C=O) groups is 1. The van der Waals surface area contributed by atoms with E-state index in [0.29, 0.717) is 18.2 Å². The van der Waals surface area contributed by atoms with Crippen LogP contribution in [0.5, 0.6) is 5.75 Å². The number of nitrogens with one attached hydrogen (secondary N) is 1. The summed E-state index contributed by atoms with van der Waals surface area (Å²) in [5.41, 5.74) is 2.22. The van der Waals surface area contributed by atoms with Crippen molar-refractivity contribution >= 4 is 17.6 Å². The van der Waals surface area contributed by atoms with E-state index in [1.807, 2.05) is 48.5 Å². The molecular weight excluding hydrogens is 314 g/mol. The van der Waals surface area contributed by atoms with E-state index in [0.717, 1.165) is 29.8 Å². The van der Waals surface area contributed by atoms with Gasteiger partial charge in [0.05, 0.1) is 6.42 Å². The molecule has 2 rings (SSSR count). The first-order valence-electron chi connectivity index (χ1n) is 7.52. The summed E-state index contributed by atoms with van der Waals surface area (Å²) >= 11 is 5.86. The minimum atomic E-state index is -0.782. The average Bonchev–Trinajstić information content (AvgIpc) is 2.54. The smallest absolute Gasteiger partial charge is 0.304 e. The van der Waals surface area contributed by atoms with Crippen molar-refractivity contribution in [1.82, 2.24) is 5.32 Å². The first kappa shape index (κ1) is 17.3. The zero-order chi connectivity index (χ0) is 16.5. The number of ether oxygens (including phenoxy) is 1. The van der Waals surface area contributed by atoms with Crippen LogP contribution < -0.4 is 10.1 Å². The highest BCUT2D eigenvalue weighted by Crippen LogP contribution is 2.16. The van der Waals surface area contributed by atoms with Gasteiger partial charge in [-0.15, -0.1) is 0 Å². The highest BCUT2D eigenvalue weighted by Gasteiger charge is 2.00. The Labute approximate surface area is 141 Å². The molecule has 0 aliphatic rings. The maximum atomic E-state index is 10.4. The molecular formula is C18H20ClNO3. The molecule has 0 atom stereocenters. The molecule has 0 unspecified atom stereocenters. The van der Waals surface area contributed by atoms with Gasteiger partial charge in [0.1, 0.15) is 12.4 Å². The second-order valence-corrected chi connectivity index (χ2v) is 5.64. The van der Waals surface area contributed by atoms with Gasteiger partial charge in [-0.2, -0.15) is 0 Å². The van der Waals surface area contributed by atoms with Crippen LogP contribution in [-0.4, -0.2) is 24.2 Å². The number of aliphatic carboxylic acids is 1. The third-order valence-electron chi connectivity index (χ3n) is 3.32. The van der Waals surface area contributed by atoms with Crippen molar-refractivity contribution in [1.29, 1.82) is 0 Å². The summed E-state index contributed by atoms with van der Waals surface area (Å²) in [5, 5.41) is 12.4. The predicted molar refractivity (Wildman–Crippen MR) is 91.1 cm³/mol. The molecule has 122 valence electrons. The first-order chi connectivity index (χ1) is 11.1. The van der Waals surface area contributed by atoms with Crippen LogP contribution in [-0.2, 0) is 17.8 Å². The van der Waals surface area contributed by atoms with E-state index in [2.05, 4.69) is 5.32 Å². The zero-order valence-electron chi connectivity index (χ0n) is 12.8. The number of halogens is 1. The van der Waals surface area contributed by atoms with Gasteiger partial charge < -0.3 is 15.2 Å². The van der Waals surface area contributed by atoms with Crippen LogP contribution in [0.1, 0.15) is 17.5 Å². The van der Waals surface area contributed by atoms with Crippen molar-refractivity contribution in [2.75, 3.05) is 13.1 Å². The highest BCUT2D eigenvalue weighted by atomic mass is 35.5. The third-order valence-corrected chi connectivity index (χ3v) is 3.58. The Bertz CT molecular complexity index is 628. The normalized spacial score (nSPS) is 10.5. The Morgan fingerprint density at radius 3 is 2.61 bits per heavy atom. The lowest BCUT2D eigenvalue weighted by Crippen LogP contribution is -2.20. The van der Waals surface area contributed by atoms with E-state index in [-0.39, 0.29) is 6.42 Å². The van der Waals surface area contributed by atoms with Crippen molar-refractivity contribution in [3.63, 3.8) is 0 Å². The molecule has 0 aliphatic carbocycles. The van der Waals surface area contributed by atoms with Crippen molar-refractivity contribution in [3.8, 4) is 5.75 Å². The van der Waals surface area contributed by atoms with Crippen LogP contribution in [0.3, 0.4) is 0 Å². The van der Waals surface area contributed by atoms with Crippen molar-refractivity contribution < 1.29 is 14.6 Å². The molecule has 5 heteroatoms. The molecule has 0 fully saturated rings. The number of hydrogen-bond acceptors (Lipinski definition) is 3. The first-order valence-corrected chi connectivity index (χ1v) is 7.90. The summed E-state index contributed by atoms with van der Waals surface area (Å²) in [4.78, 5) is 10.4. The van der Waals surface area contributed by atoms with Gasteiger partial charge in [-0.25, -0.2) is 0 Å². The summed E-state index contributed by atoms with van der Waals surface area (Å²) in [7, 11) is 0. The van der Waals surface area contributed by atoms with E-state index in [1.165, 1.54) is 0 Å². The van der Waals surface area contributed by atoms with Crippen LogP contribution >= 0.6 is 11.6 Å². The van der Waals surface area contributed by atoms with Gasteiger partial charge >= 0.3 is 5.97 Å². The molecule has 0 aliphatic heterocycles. The lowest BCUT2D eigenvalue weighted by Gasteiger charge is -2.09. The van der Waals surface area contributed by atoms with Crippen LogP contribution in [0.2, 0.25) is 5.02 Å². The van der Waals surface area contributed by atoms with Gasteiger partial charge in [0.25, 0.3) is 0 Å². The van der Waals surface area contributed by atoms with Crippen LogP contribution in [0.25, 0.3) is 0 Å². The van der Waals surface area contributed by atoms with Crippen LogP contribution in [0.15, 0.2) is 48.5 Å². The summed E-state index contributed by atoms with van der Waals surface area (Å²) in [5.74, 6) is 0.0399. The topological polar surface area (TPSA) is 58.6 Å². The zero-order valence-corrected chi connectivity index (χ0v) is 13.6. The lowest BCUT2D eigenvalue weighted by molar-refractivity contribution is -0.136. The van der Waals surface area contributed by atoms with E-state index in [9.17, 15) is 4.79 Å². The van der Waals surface area contributed by atoms with E-state index >= 15 is 0 Å². The molecule has 0 spiro atoms. The summed E-state index contributed by atoms with van der Waals surface area (Å²) in [6, 6.07) is 15.5.